The first kappa shape index (κ1) is 37.0. The molecule has 0 heterocycles. The molecule has 39 heavy (non-hydrogen) atoms. The zero-order chi connectivity index (χ0) is 30.1. The van der Waals surface area contributed by atoms with Crippen molar-refractivity contribution in [2.75, 3.05) is 13.1 Å². The van der Waals surface area contributed by atoms with Crippen molar-refractivity contribution in [2.45, 2.75) is 121 Å². The second-order valence-corrected chi connectivity index (χ2v) is 10.9. The maximum absolute atomic E-state index is 4.12. The molecule has 0 aliphatic heterocycles. The smallest absolute Gasteiger partial charge is 0.0361 e. The van der Waals surface area contributed by atoms with E-state index in [1.165, 1.54) is 47.2 Å². The lowest BCUT2D eigenvalue weighted by Crippen LogP contribution is -2.41. The lowest BCUT2D eigenvalue weighted by molar-refractivity contribution is 0.0963. The summed E-state index contributed by atoms with van der Waals surface area (Å²) in [5.74, 6) is 3.25. The Hall–Kier alpha value is -2.02. The maximum atomic E-state index is 4.12. The summed E-state index contributed by atoms with van der Waals surface area (Å²) >= 11 is 0. The molecule has 2 aliphatic carbocycles. The van der Waals surface area contributed by atoms with Gasteiger partial charge in [-0.05, 0) is 104 Å². The number of aryl methyl sites for hydroxylation is 2. The first-order chi connectivity index (χ1) is 18.8. The summed E-state index contributed by atoms with van der Waals surface area (Å²) in [5, 5.41) is 0. The van der Waals surface area contributed by atoms with Crippen molar-refractivity contribution in [3.05, 3.63) is 83.1 Å². The Bertz CT molecular complexity index is 901. The Balaban J connectivity index is 0.00000225. The molecule has 0 amide bonds. The van der Waals surface area contributed by atoms with Crippen LogP contribution >= 0.6 is 0 Å². The number of nitrogens with zero attached hydrogens (tertiary/aromatic N) is 1. The summed E-state index contributed by atoms with van der Waals surface area (Å²) in [6.07, 6.45) is 12.8. The van der Waals surface area contributed by atoms with E-state index in [-0.39, 0.29) is 0 Å². The molecule has 222 valence electrons. The van der Waals surface area contributed by atoms with Gasteiger partial charge >= 0.3 is 0 Å². The maximum Gasteiger partial charge on any atom is 0.0361 e. The molecule has 0 bridgehead atoms. The van der Waals surface area contributed by atoms with E-state index in [9.17, 15) is 0 Å². The van der Waals surface area contributed by atoms with Crippen LogP contribution < -0.4 is 0 Å². The van der Waals surface area contributed by atoms with Crippen LogP contribution in [0, 0.1) is 30.6 Å². The van der Waals surface area contributed by atoms with E-state index >= 15 is 0 Å². The SMILES string of the molecule is C=CC1=CC(N(CC(C)c2ccc(C)cc2CC)CC2CCC2C(C)C=C)=C(C)C(C)CC1.CC.CC.CC. The number of hydrogen-bond acceptors (Lipinski definition) is 1. The van der Waals surface area contributed by atoms with E-state index in [1.54, 1.807) is 5.57 Å². The molecule has 1 aromatic carbocycles. The van der Waals surface area contributed by atoms with Crippen LogP contribution in [0.3, 0.4) is 0 Å². The molecule has 1 aromatic rings. The van der Waals surface area contributed by atoms with Crippen molar-refractivity contribution in [3.63, 3.8) is 0 Å². The third kappa shape index (κ3) is 10.5. The van der Waals surface area contributed by atoms with Gasteiger partial charge in [0, 0.05) is 18.8 Å². The number of hydrogen-bond donors (Lipinski definition) is 0. The fourth-order valence-electron chi connectivity index (χ4n) is 5.91. The van der Waals surface area contributed by atoms with Crippen molar-refractivity contribution in [2.24, 2.45) is 23.7 Å². The van der Waals surface area contributed by atoms with Crippen LogP contribution in [0.2, 0.25) is 0 Å². The third-order valence-corrected chi connectivity index (χ3v) is 8.62. The molecule has 0 spiro atoms. The van der Waals surface area contributed by atoms with Gasteiger partial charge in [0.05, 0.1) is 0 Å². The topological polar surface area (TPSA) is 3.24 Å². The summed E-state index contributed by atoms with van der Waals surface area (Å²) < 4.78 is 0. The standard InChI is InChI=1S/C32H47N.3C2H6/c1-9-23(5)30-17-15-29(30)21-33(32-19-27(10-2)14-13-24(6)26(32)8)20-25(7)31-16-12-22(4)18-28(31)11-3;3*1-2/h9-10,12,16,18-19,23-25,29-30H,1-2,11,13-15,17,20-21H2,3-8H3;3*1-2H3. The van der Waals surface area contributed by atoms with Gasteiger partial charge in [0.2, 0.25) is 0 Å². The molecule has 0 N–H and O–H groups in total. The Morgan fingerprint density at radius 2 is 1.62 bits per heavy atom. The van der Waals surface area contributed by atoms with Gasteiger partial charge in [0.25, 0.3) is 0 Å². The fraction of sp³-hybridized carbons (Fsp3) is 0.632. The van der Waals surface area contributed by atoms with E-state index in [0.29, 0.717) is 17.8 Å². The molecule has 0 aromatic heterocycles. The van der Waals surface area contributed by atoms with Gasteiger partial charge in [-0.15, -0.1) is 6.58 Å². The average Bonchev–Trinajstić information content (AvgIpc) is 3.11. The van der Waals surface area contributed by atoms with E-state index < -0.39 is 0 Å². The highest BCUT2D eigenvalue weighted by Gasteiger charge is 2.36. The zero-order valence-corrected chi connectivity index (χ0v) is 28.2. The lowest BCUT2D eigenvalue weighted by Gasteiger charge is -2.44. The Morgan fingerprint density at radius 1 is 0.974 bits per heavy atom. The second-order valence-electron chi connectivity index (χ2n) is 10.9. The highest BCUT2D eigenvalue weighted by molar-refractivity contribution is 5.37. The monoisotopic (exact) mass is 536 g/mol. The number of rotatable bonds is 10. The molecule has 3 rings (SSSR count). The molecule has 1 nitrogen and oxygen atoms in total. The Kier molecular flexibility index (Phi) is 18.9. The van der Waals surface area contributed by atoms with Crippen LogP contribution in [0.4, 0.5) is 0 Å². The van der Waals surface area contributed by atoms with Gasteiger partial charge in [-0.2, -0.15) is 0 Å². The molecule has 0 radical (unpaired) electrons. The van der Waals surface area contributed by atoms with Crippen LogP contribution in [-0.4, -0.2) is 18.0 Å². The number of benzene rings is 1. The van der Waals surface area contributed by atoms with Crippen LogP contribution in [0.1, 0.15) is 124 Å². The fourth-order valence-corrected chi connectivity index (χ4v) is 5.91. The summed E-state index contributed by atoms with van der Waals surface area (Å²) in [4.78, 5) is 2.75. The highest BCUT2D eigenvalue weighted by Crippen LogP contribution is 2.42. The van der Waals surface area contributed by atoms with Crippen LogP contribution in [-0.2, 0) is 6.42 Å². The summed E-state index contributed by atoms with van der Waals surface area (Å²) in [6, 6.07) is 7.06. The van der Waals surface area contributed by atoms with Gasteiger partial charge in [-0.3, -0.25) is 0 Å². The molecule has 1 heteroatoms. The normalized spacial score (nSPS) is 21.5. The first-order valence-corrected chi connectivity index (χ1v) is 16.3. The third-order valence-electron chi connectivity index (χ3n) is 8.62. The molecule has 5 unspecified atom stereocenters. The zero-order valence-electron chi connectivity index (χ0n) is 28.2. The molecular formula is C38H65N. The minimum atomic E-state index is 0.496. The second kappa shape index (κ2) is 19.9. The van der Waals surface area contributed by atoms with E-state index in [2.05, 4.69) is 96.0 Å². The molecular weight excluding hydrogens is 470 g/mol. The predicted molar refractivity (Wildman–Crippen MR) is 180 cm³/mol. The van der Waals surface area contributed by atoms with Crippen molar-refractivity contribution < 1.29 is 0 Å². The molecule has 2 aliphatic rings. The highest BCUT2D eigenvalue weighted by atomic mass is 15.1. The molecule has 0 saturated heterocycles. The Morgan fingerprint density at radius 3 is 2.13 bits per heavy atom. The van der Waals surface area contributed by atoms with Crippen LogP contribution in [0.25, 0.3) is 0 Å². The largest absolute Gasteiger partial charge is 0.371 e. The summed E-state index contributed by atoms with van der Waals surface area (Å²) in [6.45, 7) is 36.5. The van der Waals surface area contributed by atoms with Gasteiger partial charge < -0.3 is 4.90 Å². The average molecular weight is 536 g/mol. The van der Waals surface area contributed by atoms with E-state index in [0.717, 1.165) is 37.8 Å². The van der Waals surface area contributed by atoms with Gasteiger partial charge in [0.1, 0.15) is 0 Å². The van der Waals surface area contributed by atoms with Crippen molar-refractivity contribution in [3.8, 4) is 0 Å². The van der Waals surface area contributed by atoms with Crippen molar-refractivity contribution >= 4 is 0 Å². The minimum Gasteiger partial charge on any atom is -0.371 e. The van der Waals surface area contributed by atoms with Crippen LogP contribution in [0.5, 0.6) is 0 Å². The van der Waals surface area contributed by atoms with E-state index in [1.807, 2.05) is 41.5 Å². The van der Waals surface area contributed by atoms with Gasteiger partial charge in [-0.1, -0.05) is 112 Å². The minimum absolute atomic E-state index is 0.496. The quantitative estimate of drug-likeness (QED) is 0.269. The summed E-state index contributed by atoms with van der Waals surface area (Å²) in [5.41, 5.74) is 8.79. The summed E-state index contributed by atoms with van der Waals surface area (Å²) in [7, 11) is 0. The Labute approximate surface area is 245 Å². The van der Waals surface area contributed by atoms with Crippen LogP contribution in [0.15, 0.2) is 66.4 Å². The van der Waals surface area contributed by atoms with Gasteiger partial charge in [0.15, 0.2) is 0 Å². The molecule has 1 fully saturated rings. The molecule has 5 atom stereocenters. The first-order valence-electron chi connectivity index (χ1n) is 16.3. The van der Waals surface area contributed by atoms with Gasteiger partial charge in [-0.25, -0.2) is 0 Å². The van der Waals surface area contributed by atoms with E-state index in [4.69, 9.17) is 0 Å². The van der Waals surface area contributed by atoms with Crippen molar-refractivity contribution in [1.29, 1.82) is 0 Å². The lowest BCUT2D eigenvalue weighted by atomic mass is 9.67. The molecule has 1 saturated carbocycles. The number of allylic oxidation sites excluding steroid dienone is 5. The van der Waals surface area contributed by atoms with Crippen molar-refractivity contribution in [1.82, 2.24) is 4.90 Å². The predicted octanol–water partition coefficient (Wildman–Crippen LogP) is 11.7.